The Labute approximate surface area is 190 Å². The summed E-state index contributed by atoms with van der Waals surface area (Å²) in [5.74, 6) is 3.35. The number of rotatable bonds is 5. The van der Waals surface area contributed by atoms with E-state index >= 15 is 0 Å². The van der Waals surface area contributed by atoms with Gasteiger partial charge in [0.1, 0.15) is 0 Å². The average Bonchev–Trinajstić information content (AvgIpc) is 3.09. The van der Waals surface area contributed by atoms with E-state index in [2.05, 4.69) is 47.6 Å². The molecule has 0 saturated heterocycles. The van der Waals surface area contributed by atoms with Gasteiger partial charge in [0.05, 0.1) is 18.3 Å². The molecule has 3 heteroatoms. The highest BCUT2D eigenvalue weighted by Gasteiger charge is 2.59. The number of hydrogen-bond acceptors (Lipinski definition) is 3. The van der Waals surface area contributed by atoms with Crippen LogP contribution in [0.4, 0.5) is 0 Å². The van der Waals surface area contributed by atoms with Crippen molar-refractivity contribution in [2.75, 3.05) is 0 Å². The molecule has 3 nitrogen and oxygen atoms in total. The maximum atomic E-state index is 11.1. The Hall–Kier alpha value is -0.380. The molecule has 0 aliphatic heterocycles. The molecule has 3 saturated carbocycles. The van der Waals surface area contributed by atoms with Crippen LogP contribution in [0.1, 0.15) is 92.9 Å². The monoisotopic (exact) mass is 432 g/mol. The lowest BCUT2D eigenvalue weighted by atomic mass is 9.47. The van der Waals surface area contributed by atoms with Gasteiger partial charge in [0, 0.05) is 0 Å². The fourth-order valence-corrected chi connectivity index (χ4v) is 8.80. The Balaban J connectivity index is 1.53. The quantitative estimate of drug-likeness (QED) is 0.497. The van der Waals surface area contributed by atoms with Crippen LogP contribution in [0.25, 0.3) is 0 Å². The van der Waals surface area contributed by atoms with E-state index < -0.39 is 12.2 Å². The van der Waals surface area contributed by atoms with Gasteiger partial charge >= 0.3 is 0 Å². The fourth-order valence-electron chi connectivity index (χ4n) is 8.80. The van der Waals surface area contributed by atoms with Crippen molar-refractivity contribution in [2.45, 2.75) is 111 Å². The van der Waals surface area contributed by atoms with Crippen LogP contribution in [0.5, 0.6) is 0 Å². The van der Waals surface area contributed by atoms with Gasteiger partial charge in [-0.1, -0.05) is 53.2 Å². The van der Waals surface area contributed by atoms with Crippen LogP contribution >= 0.6 is 0 Å². The Bertz CT molecular complexity index is 686. The molecule has 0 bridgehead atoms. The second kappa shape index (κ2) is 8.44. The van der Waals surface area contributed by atoms with Crippen molar-refractivity contribution in [3.8, 4) is 0 Å². The van der Waals surface area contributed by atoms with E-state index in [0.29, 0.717) is 11.8 Å². The molecule has 4 rings (SSSR count). The first-order chi connectivity index (χ1) is 14.5. The van der Waals surface area contributed by atoms with Crippen LogP contribution in [-0.4, -0.2) is 33.6 Å². The molecule has 1 unspecified atom stereocenters. The predicted octanol–water partition coefficient (Wildman–Crippen LogP) is 5.58. The lowest BCUT2D eigenvalue weighted by molar-refractivity contribution is -0.0967. The molecule has 0 aromatic heterocycles. The van der Waals surface area contributed by atoms with Gasteiger partial charge in [-0.25, -0.2) is 0 Å². The first-order valence-electron chi connectivity index (χ1n) is 13.2. The minimum atomic E-state index is -0.637. The molecule has 4 aliphatic rings. The zero-order chi connectivity index (χ0) is 22.7. The van der Waals surface area contributed by atoms with E-state index in [-0.39, 0.29) is 28.8 Å². The van der Waals surface area contributed by atoms with Gasteiger partial charge in [0.25, 0.3) is 0 Å². The van der Waals surface area contributed by atoms with Crippen LogP contribution in [0.15, 0.2) is 11.6 Å². The molecule has 0 aromatic rings. The summed E-state index contributed by atoms with van der Waals surface area (Å²) in [4.78, 5) is 0. The maximum Gasteiger partial charge on any atom is 0.0830 e. The third kappa shape index (κ3) is 3.75. The number of hydrogen-bond donors (Lipinski definition) is 3. The second-order valence-corrected chi connectivity index (χ2v) is 12.8. The second-order valence-electron chi connectivity index (χ2n) is 12.8. The Kier molecular flexibility index (Phi) is 6.47. The van der Waals surface area contributed by atoms with Crippen LogP contribution in [0.3, 0.4) is 0 Å². The van der Waals surface area contributed by atoms with E-state index in [1.54, 1.807) is 5.57 Å². The molecule has 31 heavy (non-hydrogen) atoms. The van der Waals surface area contributed by atoms with E-state index in [1.165, 1.54) is 32.1 Å². The fraction of sp³-hybridized carbons (Fsp3) is 0.929. The summed E-state index contributed by atoms with van der Waals surface area (Å²) in [6.45, 7) is 13.5. The molecule has 0 radical (unpaired) electrons. The van der Waals surface area contributed by atoms with Crippen LogP contribution in [0, 0.1) is 52.3 Å². The lowest BCUT2D eigenvalue weighted by Gasteiger charge is -2.58. The number of aliphatic hydroxyl groups excluding tert-OH is 3. The van der Waals surface area contributed by atoms with E-state index in [0.717, 1.165) is 37.0 Å². The summed E-state index contributed by atoms with van der Waals surface area (Å²) < 4.78 is 0. The largest absolute Gasteiger partial charge is 0.393 e. The van der Waals surface area contributed by atoms with Gasteiger partial charge in [-0.2, -0.15) is 0 Å². The van der Waals surface area contributed by atoms with Gasteiger partial charge in [-0.05, 0) is 104 Å². The van der Waals surface area contributed by atoms with Crippen molar-refractivity contribution in [2.24, 2.45) is 52.3 Å². The van der Waals surface area contributed by atoms with E-state index in [1.807, 2.05) is 0 Å². The van der Waals surface area contributed by atoms with Gasteiger partial charge in [0.2, 0.25) is 0 Å². The molecule has 3 fully saturated rings. The summed E-state index contributed by atoms with van der Waals surface area (Å²) >= 11 is 0. The third-order valence-electron chi connectivity index (χ3n) is 11.3. The normalized spacial score (nSPS) is 46.4. The minimum absolute atomic E-state index is 0.113. The lowest BCUT2D eigenvalue weighted by Crippen LogP contribution is -2.52. The molecule has 0 aromatic carbocycles. The van der Waals surface area contributed by atoms with Crippen LogP contribution < -0.4 is 0 Å². The zero-order valence-electron chi connectivity index (χ0n) is 20.8. The average molecular weight is 433 g/mol. The van der Waals surface area contributed by atoms with Gasteiger partial charge < -0.3 is 15.3 Å². The Morgan fingerprint density at radius 2 is 1.61 bits per heavy atom. The SMILES string of the molecule is CC(C)[C@H](C)[C@@H](O)[C@H](O)[C@@H](C)[C@H]1CCC2[C@@H]3CC=C4C[C@@H](O)CC[C@]4(C)[C@H]3CC[C@@]21C. The first-order valence-corrected chi connectivity index (χ1v) is 13.2. The van der Waals surface area contributed by atoms with Crippen molar-refractivity contribution in [3.63, 3.8) is 0 Å². The smallest absolute Gasteiger partial charge is 0.0830 e. The van der Waals surface area contributed by atoms with E-state index in [4.69, 9.17) is 0 Å². The molecule has 11 atom stereocenters. The summed E-state index contributed by atoms with van der Waals surface area (Å²) in [5, 5.41) is 32.2. The van der Waals surface area contributed by atoms with Crippen molar-refractivity contribution >= 4 is 0 Å². The first kappa shape index (κ1) is 23.8. The molecular formula is C28H48O3. The summed E-state index contributed by atoms with van der Waals surface area (Å²) in [6, 6.07) is 0. The summed E-state index contributed by atoms with van der Waals surface area (Å²) in [7, 11) is 0. The number of aliphatic hydroxyl groups is 3. The highest BCUT2D eigenvalue weighted by Crippen LogP contribution is 2.67. The third-order valence-corrected chi connectivity index (χ3v) is 11.3. The number of fused-ring (bicyclic) bond motifs is 5. The molecule has 0 amide bonds. The topological polar surface area (TPSA) is 60.7 Å². The number of allylic oxidation sites excluding steroid dienone is 1. The Morgan fingerprint density at radius 1 is 0.903 bits per heavy atom. The molecular weight excluding hydrogens is 384 g/mol. The van der Waals surface area contributed by atoms with Gasteiger partial charge in [0.15, 0.2) is 0 Å². The molecule has 3 N–H and O–H groups in total. The van der Waals surface area contributed by atoms with Gasteiger partial charge in [-0.15, -0.1) is 0 Å². The van der Waals surface area contributed by atoms with Crippen LogP contribution in [0.2, 0.25) is 0 Å². The van der Waals surface area contributed by atoms with Crippen molar-refractivity contribution in [1.29, 1.82) is 0 Å². The maximum absolute atomic E-state index is 11.1. The highest BCUT2D eigenvalue weighted by atomic mass is 16.3. The van der Waals surface area contributed by atoms with Gasteiger partial charge in [-0.3, -0.25) is 0 Å². The highest BCUT2D eigenvalue weighted by molar-refractivity contribution is 5.25. The standard InChI is InChI=1S/C28H48O3/c1-16(2)17(3)25(30)26(31)18(4)22-9-10-23-21-8-7-19-15-20(29)11-13-27(19,5)24(21)12-14-28(22,23)6/h7,16-18,20-26,29-31H,8-15H2,1-6H3/t17-,18-,20-,21-,22+,23?,24-,25+,26+,27-,28+/m0/s1. The molecule has 0 spiro atoms. The predicted molar refractivity (Wildman–Crippen MR) is 126 cm³/mol. The van der Waals surface area contributed by atoms with Crippen molar-refractivity contribution in [3.05, 3.63) is 11.6 Å². The van der Waals surface area contributed by atoms with Crippen molar-refractivity contribution < 1.29 is 15.3 Å². The minimum Gasteiger partial charge on any atom is -0.393 e. The zero-order valence-corrected chi connectivity index (χ0v) is 20.8. The van der Waals surface area contributed by atoms with Crippen molar-refractivity contribution in [1.82, 2.24) is 0 Å². The molecule has 0 heterocycles. The molecule has 4 aliphatic carbocycles. The summed E-state index contributed by atoms with van der Waals surface area (Å²) in [6.07, 6.45) is 10.3. The Morgan fingerprint density at radius 3 is 2.29 bits per heavy atom. The molecule has 178 valence electrons. The van der Waals surface area contributed by atoms with Crippen LogP contribution in [-0.2, 0) is 0 Å². The van der Waals surface area contributed by atoms with E-state index in [9.17, 15) is 15.3 Å². The summed E-state index contributed by atoms with van der Waals surface area (Å²) in [5.41, 5.74) is 2.11.